The molecular formula is C18H32IN3O2. The van der Waals surface area contributed by atoms with Crippen molar-refractivity contribution < 1.29 is 9.47 Å². The Morgan fingerprint density at radius 3 is 2.42 bits per heavy atom. The lowest BCUT2D eigenvalue weighted by Gasteiger charge is -2.12. The van der Waals surface area contributed by atoms with Crippen LogP contribution in [-0.4, -0.2) is 33.3 Å². The van der Waals surface area contributed by atoms with Crippen molar-refractivity contribution in [2.24, 2.45) is 10.9 Å². The van der Waals surface area contributed by atoms with E-state index in [4.69, 9.17) is 9.47 Å². The molecule has 0 heterocycles. The van der Waals surface area contributed by atoms with Crippen molar-refractivity contribution in [2.45, 2.75) is 40.2 Å². The number of nitrogens with one attached hydrogen (secondary N) is 2. The Hall–Kier alpha value is -1.18. The van der Waals surface area contributed by atoms with Crippen LogP contribution in [-0.2, 0) is 6.54 Å². The molecule has 0 aliphatic carbocycles. The van der Waals surface area contributed by atoms with Gasteiger partial charge in [-0.25, -0.2) is 4.99 Å². The Bertz CT molecular complexity index is 493. The monoisotopic (exact) mass is 449 g/mol. The van der Waals surface area contributed by atoms with Gasteiger partial charge >= 0.3 is 0 Å². The molecule has 0 aliphatic heterocycles. The molecule has 138 valence electrons. The van der Waals surface area contributed by atoms with E-state index in [9.17, 15) is 0 Å². The predicted octanol–water partition coefficient (Wildman–Crippen LogP) is 3.81. The number of hydrogen-bond acceptors (Lipinski definition) is 3. The maximum Gasteiger partial charge on any atom is 0.191 e. The van der Waals surface area contributed by atoms with Gasteiger partial charge in [0.25, 0.3) is 0 Å². The molecule has 0 bridgehead atoms. The Balaban J connectivity index is 0.00000529. The van der Waals surface area contributed by atoms with Crippen LogP contribution in [0.25, 0.3) is 0 Å². The molecule has 0 atom stereocenters. The summed E-state index contributed by atoms with van der Waals surface area (Å²) in [6, 6.07) is 5.88. The van der Waals surface area contributed by atoms with Crippen LogP contribution >= 0.6 is 24.0 Å². The number of ether oxygens (including phenoxy) is 2. The third-order valence-electron chi connectivity index (χ3n) is 3.46. The molecular weight excluding hydrogens is 417 g/mol. The van der Waals surface area contributed by atoms with Crippen molar-refractivity contribution in [2.75, 3.05) is 27.3 Å². The third-order valence-corrected chi connectivity index (χ3v) is 3.46. The van der Waals surface area contributed by atoms with Crippen LogP contribution in [0, 0.1) is 5.92 Å². The predicted molar refractivity (Wildman–Crippen MR) is 112 cm³/mol. The summed E-state index contributed by atoms with van der Waals surface area (Å²) in [6.45, 7) is 8.95. The first-order chi connectivity index (χ1) is 11.1. The number of rotatable bonds is 9. The van der Waals surface area contributed by atoms with Gasteiger partial charge in [-0.1, -0.05) is 19.9 Å². The average molecular weight is 449 g/mol. The standard InChI is InChI=1S/C18H31N3O2.HI/c1-6-19-18(20-11-7-8-14(2)3)21-13-15-9-10-16(22-4)17(12-15)23-5;/h9-10,12,14H,6-8,11,13H2,1-5H3,(H2,19,20,21);1H. The lowest BCUT2D eigenvalue weighted by atomic mass is 10.1. The lowest BCUT2D eigenvalue weighted by molar-refractivity contribution is 0.354. The van der Waals surface area contributed by atoms with Crippen molar-refractivity contribution in [1.82, 2.24) is 10.6 Å². The van der Waals surface area contributed by atoms with Gasteiger partial charge in [-0.15, -0.1) is 24.0 Å². The summed E-state index contributed by atoms with van der Waals surface area (Å²) in [6.07, 6.45) is 2.38. The maximum absolute atomic E-state index is 5.33. The van der Waals surface area contributed by atoms with Crippen molar-refractivity contribution in [3.63, 3.8) is 0 Å². The first kappa shape index (κ1) is 22.8. The van der Waals surface area contributed by atoms with E-state index >= 15 is 0 Å². The minimum absolute atomic E-state index is 0. The zero-order chi connectivity index (χ0) is 17.1. The Kier molecular flexibility index (Phi) is 12.5. The smallest absolute Gasteiger partial charge is 0.191 e. The zero-order valence-corrected chi connectivity index (χ0v) is 17.8. The van der Waals surface area contributed by atoms with E-state index in [1.165, 1.54) is 6.42 Å². The van der Waals surface area contributed by atoms with E-state index in [2.05, 4.69) is 36.4 Å². The molecule has 6 heteroatoms. The van der Waals surface area contributed by atoms with Gasteiger partial charge in [0.2, 0.25) is 0 Å². The van der Waals surface area contributed by atoms with Crippen molar-refractivity contribution >= 4 is 29.9 Å². The van der Waals surface area contributed by atoms with Gasteiger partial charge in [0.1, 0.15) is 0 Å². The zero-order valence-electron chi connectivity index (χ0n) is 15.5. The molecule has 0 saturated heterocycles. The molecule has 1 rings (SSSR count). The second-order valence-corrected chi connectivity index (χ2v) is 5.85. The highest BCUT2D eigenvalue weighted by atomic mass is 127. The number of nitrogens with zero attached hydrogens (tertiary/aromatic N) is 1. The first-order valence-electron chi connectivity index (χ1n) is 8.33. The Labute approximate surface area is 163 Å². The summed E-state index contributed by atoms with van der Waals surface area (Å²) in [5.41, 5.74) is 1.09. The molecule has 0 unspecified atom stereocenters. The maximum atomic E-state index is 5.33. The fourth-order valence-electron chi connectivity index (χ4n) is 2.21. The van der Waals surface area contributed by atoms with Gasteiger partial charge in [0, 0.05) is 13.1 Å². The average Bonchev–Trinajstić information content (AvgIpc) is 2.55. The largest absolute Gasteiger partial charge is 0.493 e. The minimum atomic E-state index is 0. The van der Waals surface area contributed by atoms with Crippen LogP contribution in [0.3, 0.4) is 0 Å². The molecule has 5 nitrogen and oxygen atoms in total. The van der Waals surface area contributed by atoms with E-state index in [0.717, 1.165) is 48.5 Å². The van der Waals surface area contributed by atoms with E-state index in [-0.39, 0.29) is 24.0 Å². The van der Waals surface area contributed by atoms with Crippen LogP contribution in [0.2, 0.25) is 0 Å². The Morgan fingerprint density at radius 1 is 1.12 bits per heavy atom. The van der Waals surface area contributed by atoms with Gasteiger partial charge in [0.05, 0.1) is 20.8 Å². The Morgan fingerprint density at radius 2 is 1.83 bits per heavy atom. The van der Waals surface area contributed by atoms with E-state index < -0.39 is 0 Å². The molecule has 0 fully saturated rings. The van der Waals surface area contributed by atoms with Gasteiger partial charge in [-0.2, -0.15) is 0 Å². The second kappa shape index (κ2) is 13.1. The summed E-state index contributed by atoms with van der Waals surface area (Å²) in [7, 11) is 3.28. The number of aliphatic imine (C=N–C) groups is 1. The van der Waals surface area contributed by atoms with Crippen molar-refractivity contribution in [3.05, 3.63) is 23.8 Å². The molecule has 2 N–H and O–H groups in total. The highest BCUT2D eigenvalue weighted by Crippen LogP contribution is 2.27. The third kappa shape index (κ3) is 8.61. The van der Waals surface area contributed by atoms with Gasteiger partial charge in [-0.05, 0) is 43.4 Å². The summed E-state index contributed by atoms with van der Waals surface area (Å²) >= 11 is 0. The van der Waals surface area contributed by atoms with Crippen LogP contribution in [0.1, 0.15) is 39.2 Å². The summed E-state index contributed by atoms with van der Waals surface area (Å²) in [4.78, 5) is 4.63. The van der Waals surface area contributed by atoms with Crippen LogP contribution in [0.15, 0.2) is 23.2 Å². The van der Waals surface area contributed by atoms with Crippen LogP contribution < -0.4 is 20.1 Å². The van der Waals surface area contributed by atoms with Gasteiger partial charge < -0.3 is 20.1 Å². The molecule has 0 aliphatic rings. The van der Waals surface area contributed by atoms with Gasteiger partial charge in [-0.3, -0.25) is 0 Å². The summed E-state index contributed by atoms with van der Waals surface area (Å²) < 4.78 is 10.6. The lowest BCUT2D eigenvalue weighted by Crippen LogP contribution is -2.37. The number of halogens is 1. The summed E-state index contributed by atoms with van der Waals surface area (Å²) in [5.74, 6) is 3.06. The molecule has 0 amide bonds. The fraction of sp³-hybridized carbons (Fsp3) is 0.611. The number of guanidine groups is 1. The van der Waals surface area contributed by atoms with Crippen LogP contribution in [0.5, 0.6) is 11.5 Å². The fourth-order valence-corrected chi connectivity index (χ4v) is 2.21. The molecule has 0 spiro atoms. The second-order valence-electron chi connectivity index (χ2n) is 5.85. The molecule has 0 aromatic heterocycles. The number of methoxy groups -OCH3 is 2. The number of benzene rings is 1. The highest BCUT2D eigenvalue weighted by Gasteiger charge is 2.04. The first-order valence-corrected chi connectivity index (χ1v) is 8.33. The SMILES string of the molecule is CCNC(=NCc1ccc(OC)c(OC)c1)NCCCC(C)C.I. The molecule has 0 radical (unpaired) electrons. The molecule has 1 aromatic carbocycles. The highest BCUT2D eigenvalue weighted by molar-refractivity contribution is 14.0. The van der Waals surface area contributed by atoms with E-state index in [1.54, 1.807) is 14.2 Å². The van der Waals surface area contributed by atoms with E-state index in [0.29, 0.717) is 6.54 Å². The van der Waals surface area contributed by atoms with Gasteiger partial charge in [0.15, 0.2) is 17.5 Å². The topological polar surface area (TPSA) is 54.9 Å². The normalized spacial score (nSPS) is 11.0. The van der Waals surface area contributed by atoms with Crippen LogP contribution in [0.4, 0.5) is 0 Å². The van der Waals surface area contributed by atoms with Crippen molar-refractivity contribution in [3.8, 4) is 11.5 Å². The molecule has 1 aromatic rings. The van der Waals surface area contributed by atoms with Crippen molar-refractivity contribution in [1.29, 1.82) is 0 Å². The summed E-state index contributed by atoms with van der Waals surface area (Å²) in [5, 5.41) is 6.66. The quantitative estimate of drug-likeness (QED) is 0.261. The molecule has 0 saturated carbocycles. The number of hydrogen-bond donors (Lipinski definition) is 2. The van der Waals surface area contributed by atoms with E-state index in [1.807, 2.05) is 18.2 Å². The molecule has 24 heavy (non-hydrogen) atoms. The minimum Gasteiger partial charge on any atom is -0.493 e.